The third kappa shape index (κ3) is 4.02. The van der Waals surface area contributed by atoms with Crippen LogP contribution in [-0.4, -0.2) is 36.7 Å². The molecule has 0 atom stereocenters. The zero-order chi connectivity index (χ0) is 17.5. The molecule has 1 amide bonds. The van der Waals surface area contributed by atoms with Crippen molar-refractivity contribution in [3.05, 3.63) is 59.7 Å². The number of rotatable bonds is 6. The number of carbonyl (C=O) groups excluding carboxylic acids is 1. The molecule has 0 aliphatic carbocycles. The molecule has 2 rings (SSSR count). The lowest BCUT2D eigenvalue weighted by Crippen LogP contribution is -2.30. The van der Waals surface area contributed by atoms with Gasteiger partial charge < -0.3 is 9.64 Å². The fourth-order valence-corrected chi connectivity index (χ4v) is 2.52. The average molecular weight is 324 g/mol. The highest BCUT2D eigenvalue weighted by atomic mass is 16.5. The quantitative estimate of drug-likeness (QED) is 0.743. The van der Waals surface area contributed by atoms with Gasteiger partial charge in [0.2, 0.25) is 0 Å². The van der Waals surface area contributed by atoms with Crippen molar-refractivity contribution in [2.45, 2.75) is 20.8 Å². The Kier molecular flexibility index (Phi) is 6.13. The van der Waals surface area contributed by atoms with Crippen LogP contribution in [0.15, 0.2) is 53.5 Å². The highest BCUT2D eigenvalue weighted by molar-refractivity contribution is 6.04. The molecule has 2 aromatic rings. The molecule has 0 spiro atoms. The van der Waals surface area contributed by atoms with Gasteiger partial charge in [-0.05, 0) is 38.5 Å². The molecule has 0 radical (unpaired) electrons. The van der Waals surface area contributed by atoms with Gasteiger partial charge in [0, 0.05) is 24.9 Å². The van der Waals surface area contributed by atoms with Crippen molar-refractivity contribution < 1.29 is 9.53 Å². The van der Waals surface area contributed by atoms with E-state index in [4.69, 9.17) is 9.73 Å². The summed E-state index contributed by atoms with van der Waals surface area (Å²) >= 11 is 0. The molecule has 0 saturated carbocycles. The molecule has 2 aromatic carbocycles. The Morgan fingerprint density at radius 2 is 1.75 bits per heavy atom. The lowest BCUT2D eigenvalue weighted by atomic mass is 10.1. The second kappa shape index (κ2) is 8.29. The number of benzene rings is 2. The lowest BCUT2D eigenvalue weighted by molar-refractivity contribution is 0.0774. The van der Waals surface area contributed by atoms with Crippen molar-refractivity contribution in [2.75, 3.05) is 20.2 Å². The number of carbonyl (C=O) groups is 1. The van der Waals surface area contributed by atoms with Gasteiger partial charge in [-0.25, -0.2) is 0 Å². The standard InChI is InChI=1S/C20H24N2O2/c1-5-22(6-2)20(23)18-13-12-17(24-4)14-19(18)21-15(3)16-10-8-7-9-11-16/h7-14H,5-6H2,1-4H3. The van der Waals surface area contributed by atoms with Crippen LogP contribution >= 0.6 is 0 Å². The van der Waals surface area contributed by atoms with E-state index in [2.05, 4.69) is 0 Å². The summed E-state index contributed by atoms with van der Waals surface area (Å²) in [7, 11) is 1.61. The van der Waals surface area contributed by atoms with Crippen LogP contribution in [0.3, 0.4) is 0 Å². The van der Waals surface area contributed by atoms with Gasteiger partial charge in [0.05, 0.1) is 18.4 Å². The monoisotopic (exact) mass is 324 g/mol. The Bertz CT molecular complexity index is 720. The van der Waals surface area contributed by atoms with Gasteiger partial charge in [-0.3, -0.25) is 9.79 Å². The van der Waals surface area contributed by atoms with E-state index in [-0.39, 0.29) is 5.91 Å². The molecule has 0 heterocycles. The summed E-state index contributed by atoms with van der Waals surface area (Å²) in [6.07, 6.45) is 0. The highest BCUT2D eigenvalue weighted by Gasteiger charge is 2.17. The Labute approximate surface area is 143 Å². The minimum absolute atomic E-state index is 0.0118. The maximum atomic E-state index is 12.8. The van der Waals surface area contributed by atoms with E-state index >= 15 is 0 Å². The van der Waals surface area contributed by atoms with Gasteiger partial charge >= 0.3 is 0 Å². The van der Waals surface area contributed by atoms with E-state index in [1.165, 1.54) is 0 Å². The van der Waals surface area contributed by atoms with Crippen LogP contribution in [0.4, 0.5) is 5.69 Å². The Morgan fingerprint density at radius 1 is 1.08 bits per heavy atom. The molecule has 24 heavy (non-hydrogen) atoms. The number of hydrogen-bond acceptors (Lipinski definition) is 3. The average Bonchev–Trinajstić information content (AvgIpc) is 2.63. The summed E-state index contributed by atoms with van der Waals surface area (Å²) in [5, 5.41) is 0. The first-order valence-electron chi connectivity index (χ1n) is 8.18. The van der Waals surface area contributed by atoms with E-state index in [0.717, 1.165) is 11.3 Å². The summed E-state index contributed by atoms with van der Waals surface area (Å²) in [6.45, 7) is 7.23. The molecule has 4 heteroatoms. The van der Waals surface area contributed by atoms with Gasteiger partial charge in [-0.15, -0.1) is 0 Å². The first-order valence-corrected chi connectivity index (χ1v) is 8.18. The number of methoxy groups -OCH3 is 1. The van der Waals surface area contributed by atoms with Gasteiger partial charge in [0.25, 0.3) is 5.91 Å². The second-order valence-corrected chi connectivity index (χ2v) is 5.42. The molecule has 0 bridgehead atoms. The van der Waals surface area contributed by atoms with E-state index in [9.17, 15) is 4.79 Å². The van der Waals surface area contributed by atoms with E-state index in [1.54, 1.807) is 24.1 Å². The lowest BCUT2D eigenvalue weighted by Gasteiger charge is -2.20. The van der Waals surface area contributed by atoms with Gasteiger partial charge in [-0.2, -0.15) is 0 Å². The fraction of sp³-hybridized carbons (Fsp3) is 0.300. The largest absolute Gasteiger partial charge is 0.497 e. The zero-order valence-electron chi connectivity index (χ0n) is 14.7. The minimum atomic E-state index is -0.0118. The van der Waals surface area contributed by atoms with Crippen molar-refractivity contribution >= 4 is 17.3 Å². The van der Waals surface area contributed by atoms with Gasteiger partial charge in [0.1, 0.15) is 5.75 Å². The molecule has 0 aliphatic rings. The SMILES string of the molecule is CCN(CC)C(=O)c1ccc(OC)cc1N=C(C)c1ccccc1. The van der Waals surface area contributed by atoms with Crippen LogP contribution in [-0.2, 0) is 0 Å². The molecule has 0 aromatic heterocycles. The van der Waals surface area contributed by atoms with E-state index in [1.807, 2.05) is 57.2 Å². The molecule has 0 N–H and O–H groups in total. The molecule has 0 unspecified atom stereocenters. The van der Waals surface area contributed by atoms with Gasteiger partial charge in [0.15, 0.2) is 0 Å². The molecule has 126 valence electrons. The molecule has 0 aliphatic heterocycles. The van der Waals surface area contributed by atoms with Crippen LogP contribution < -0.4 is 4.74 Å². The molecular formula is C20H24N2O2. The number of nitrogens with zero attached hydrogens (tertiary/aromatic N) is 2. The van der Waals surface area contributed by atoms with E-state index < -0.39 is 0 Å². The second-order valence-electron chi connectivity index (χ2n) is 5.42. The maximum Gasteiger partial charge on any atom is 0.256 e. The van der Waals surface area contributed by atoms with E-state index in [0.29, 0.717) is 30.1 Å². The normalized spacial score (nSPS) is 11.2. The van der Waals surface area contributed by atoms with Crippen LogP contribution in [0.2, 0.25) is 0 Å². The van der Waals surface area contributed by atoms with Crippen molar-refractivity contribution in [1.82, 2.24) is 4.90 Å². The smallest absolute Gasteiger partial charge is 0.256 e. The summed E-state index contributed by atoms with van der Waals surface area (Å²) in [5.74, 6) is 0.674. The number of amides is 1. The van der Waals surface area contributed by atoms with Crippen LogP contribution in [0.5, 0.6) is 5.75 Å². The molecule has 0 saturated heterocycles. The first-order chi connectivity index (χ1) is 11.6. The summed E-state index contributed by atoms with van der Waals surface area (Å²) < 4.78 is 5.30. The number of hydrogen-bond donors (Lipinski definition) is 0. The predicted molar refractivity (Wildman–Crippen MR) is 98.6 cm³/mol. The van der Waals surface area contributed by atoms with Gasteiger partial charge in [-0.1, -0.05) is 30.3 Å². The topological polar surface area (TPSA) is 41.9 Å². The number of ether oxygens (including phenoxy) is 1. The van der Waals surface area contributed by atoms with Crippen molar-refractivity contribution in [3.63, 3.8) is 0 Å². The minimum Gasteiger partial charge on any atom is -0.497 e. The Balaban J connectivity index is 2.49. The maximum absolute atomic E-state index is 12.8. The third-order valence-electron chi connectivity index (χ3n) is 3.97. The number of aliphatic imine (C=N–C) groups is 1. The molecular weight excluding hydrogens is 300 g/mol. The summed E-state index contributed by atoms with van der Waals surface area (Å²) in [5.41, 5.74) is 3.11. The molecule has 4 nitrogen and oxygen atoms in total. The Hall–Kier alpha value is -2.62. The Morgan fingerprint density at radius 3 is 2.33 bits per heavy atom. The summed E-state index contributed by atoms with van der Waals surface area (Å²) in [4.78, 5) is 19.3. The zero-order valence-corrected chi connectivity index (χ0v) is 14.7. The molecule has 0 fully saturated rings. The highest BCUT2D eigenvalue weighted by Crippen LogP contribution is 2.27. The van der Waals surface area contributed by atoms with Crippen molar-refractivity contribution in [2.24, 2.45) is 4.99 Å². The fourth-order valence-electron chi connectivity index (χ4n) is 2.52. The van der Waals surface area contributed by atoms with Crippen LogP contribution in [0, 0.1) is 0 Å². The van der Waals surface area contributed by atoms with Crippen molar-refractivity contribution in [1.29, 1.82) is 0 Å². The summed E-state index contributed by atoms with van der Waals surface area (Å²) in [6, 6.07) is 15.3. The predicted octanol–water partition coefficient (Wildman–Crippen LogP) is 4.32. The first kappa shape index (κ1) is 17.7. The third-order valence-corrected chi connectivity index (χ3v) is 3.97. The van der Waals surface area contributed by atoms with Crippen molar-refractivity contribution in [3.8, 4) is 5.75 Å². The van der Waals surface area contributed by atoms with Crippen LogP contribution in [0.25, 0.3) is 0 Å². The van der Waals surface area contributed by atoms with Crippen LogP contribution in [0.1, 0.15) is 36.7 Å².